The van der Waals surface area contributed by atoms with Gasteiger partial charge in [0.15, 0.2) is 0 Å². The summed E-state index contributed by atoms with van der Waals surface area (Å²) in [6.07, 6.45) is 0.0167. The minimum atomic E-state index is -3.97. The molecule has 0 saturated heterocycles. The van der Waals surface area contributed by atoms with Gasteiger partial charge in [0, 0.05) is 18.7 Å². The Balaban J connectivity index is 3.11. The summed E-state index contributed by atoms with van der Waals surface area (Å²) < 4.78 is 26.2. The van der Waals surface area contributed by atoms with Crippen LogP contribution in [0.1, 0.15) is 18.9 Å². The number of nitrogens with one attached hydrogen (secondary N) is 1. The maximum atomic E-state index is 12.0. The van der Waals surface area contributed by atoms with E-state index in [-0.39, 0.29) is 23.5 Å². The zero-order valence-electron chi connectivity index (χ0n) is 10.7. The Labute approximate surface area is 115 Å². The van der Waals surface area contributed by atoms with Crippen LogP contribution in [0.15, 0.2) is 23.1 Å². The molecule has 0 spiro atoms. The van der Waals surface area contributed by atoms with Crippen molar-refractivity contribution < 1.29 is 23.2 Å². The summed E-state index contributed by atoms with van der Waals surface area (Å²) in [4.78, 5) is 20.2. The number of rotatable bonds is 7. The first-order valence-electron chi connectivity index (χ1n) is 5.76. The number of carboxylic acids is 1. The molecular formula is C11H14N2O6S. The summed E-state index contributed by atoms with van der Waals surface area (Å²) in [5.74, 6) is -1.14. The second-order valence-electron chi connectivity index (χ2n) is 3.94. The van der Waals surface area contributed by atoms with Crippen molar-refractivity contribution in [1.82, 2.24) is 4.72 Å². The molecule has 0 aliphatic carbocycles. The van der Waals surface area contributed by atoms with E-state index in [2.05, 4.69) is 4.72 Å². The van der Waals surface area contributed by atoms with Gasteiger partial charge >= 0.3 is 5.97 Å². The predicted molar refractivity (Wildman–Crippen MR) is 69.9 cm³/mol. The quantitative estimate of drug-likeness (QED) is 0.569. The number of nitro benzene ring substituents is 1. The van der Waals surface area contributed by atoms with Gasteiger partial charge < -0.3 is 5.11 Å². The molecule has 0 unspecified atom stereocenters. The van der Waals surface area contributed by atoms with Crippen molar-refractivity contribution in [3.63, 3.8) is 0 Å². The van der Waals surface area contributed by atoms with Crippen molar-refractivity contribution in [2.75, 3.05) is 6.54 Å². The van der Waals surface area contributed by atoms with Crippen LogP contribution >= 0.6 is 0 Å². The van der Waals surface area contributed by atoms with Crippen LogP contribution in [0.4, 0.5) is 5.69 Å². The molecular weight excluding hydrogens is 288 g/mol. The van der Waals surface area contributed by atoms with E-state index in [0.717, 1.165) is 6.07 Å². The molecule has 0 bridgehead atoms. The summed E-state index contributed by atoms with van der Waals surface area (Å²) in [5, 5.41) is 19.2. The fourth-order valence-electron chi connectivity index (χ4n) is 1.57. The van der Waals surface area contributed by atoms with E-state index < -0.39 is 20.9 Å². The second-order valence-corrected chi connectivity index (χ2v) is 5.68. The van der Waals surface area contributed by atoms with E-state index in [4.69, 9.17) is 5.11 Å². The monoisotopic (exact) mass is 302 g/mol. The molecule has 1 rings (SSSR count). The van der Waals surface area contributed by atoms with E-state index in [1.807, 2.05) is 0 Å². The van der Waals surface area contributed by atoms with Gasteiger partial charge in [-0.05, 0) is 12.0 Å². The van der Waals surface area contributed by atoms with Crippen molar-refractivity contribution >= 4 is 21.7 Å². The van der Waals surface area contributed by atoms with E-state index in [1.54, 1.807) is 6.92 Å². The fraction of sp³-hybridized carbons (Fsp3) is 0.364. The van der Waals surface area contributed by atoms with Crippen molar-refractivity contribution in [3.05, 3.63) is 33.9 Å². The molecule has 0 heterocycles. The number of hydrogen-bond acceptors (Lipinski definition) is 5. The van der Waals surface area contributed by atoms with Gasteiger partial charge in [0.1, 0.15) is 0 Å². The van der Waals surface area contributed by atoms with E-state index >= 15 is 0 Å². The Morgan fingerprint density at radius 1 is 1.45 bits per heavy atom. The number of nitro groups is 1. The molecule has 0 aliphatic heterocycles. The second kappa shape index (κ2) is 6.44. The number of non-ortho nitro benzene ring substituents is 1. The lowest BCUT2D eigenvalue weighted by atomic mass is 10.1. The summed E-state index contributed by atoms with van der Waals surface area (Å²) in [7, 11) is -3.97. The molecule has 20 heavy (non-hydrogen) atoms. The van der Waals surface area contributed by atoms with Crippen LogP contribution in [0.5, 0.6) is 0 Å². The number of aliphatic carboxylic acids is 1. The van der Waals surface area contributed by atoms with E-state index in [0.29, 0.717) is 12.0 Å². The van der Waals surface area contributed by atoms with Crippen LogP contribution in [0.3, 0.4) is 0 Å². The summed E-state index contributed by atoms with van der Waals surface area (Å²) >= 11 is 0. The molecule has 0 fully saturated rings. The van der Waals surface area contributed by atoms with Crippen molar-refractivity contribution in [1.29, 1.82) is 0 Å². The first-order valence-corrected chi connectivity index (χ1v) is 7.25. The Kier molecular flexibility index (Phi) is 5.17. The molecule has 2 N–H and O–H groups in total. The van der Waals surface area contributed by atoms with Crippen LogP contribution in [0.25, 0.3) is 0 Å². The molecule has 0 aromatic heterocycles. The first kappa shape index (κ1) is 16.1. The highest BCUT2D eigenvalue weighted by Gasteiger charge is 2.21. The third kappa shape index (κ3) is 4.00. The number of nitrogens with zero attached hydrogens (tertiary/aromatic N) is 1. The number of sulfonamides is 1. The van der Waals surface area contributed by atoms with Crippen LogP contribution in [-0.2, 0) is 21.2 Å². The lowest BCUT2D eigenvalue weighted by Crippen LogP contribution is -2.27. The minimum absolute atomic E-state index is 0.195. The molecule has 0 radical (unpaired) electrons. The number of hydrogen-bond donors (Lipinski definition) is 2. The summed E-state index contributed by atoms with van der Waals surface area (Å²) in [6.45, 7) is 1.45. The third-order valence-electron chi connectivity index (χ3n) is 2.56. The topological polar surface area (TPSA) is 127 Å². The maximum absolute atomic E-state index is 12.0. The molecule has 0 amide bonds. The van der Waals surface area contributed by atoms with Crippen LogP contribution < -0.4 is 4.72 Å². The van der Waals surface area contributed by atoms with Crippen LogP contribution in [0.2, 0.25) is 0 Å². The van der Waals surface area contributed by atoms with Crippen molar-refractivity contribution in [2.24, 2.45) is 0 Å². The van der Waals surface area contributed by atoms with Crippen LogP contribution in [0, 0.1) is 10.1 Å². The lowest BCUT2D eigenvalue weighted by molar-refractivity contribution is -0.385. The van der Waals surface area contributed by atoms with Crippen molar-refractivity contribution in [2.45, 2.75) is 24.7 Å². The highest BCUT2D eigenvalue weighted by atomic mass is 32.2. The molecule has 0 atom stereocenters. The molecule has 9 heteroatoms. The van der Waals surface area contributed by atoms with Gasteiger partial charge in [0.05, 0.1) is 16.2 Å². The highest BCUT2D eigenvalue weighted by Crippen LogP contribution is 2.22. The predicted octanol–water partition coefficient (Wildman–Crippen LogP) is 0.910. The molecule has 0 saturated carbocycles. The van der Waals surface area contributed by atoms with E-state index in [9.17, 15) is 23.3 Å². The molecule has 8 nitrogen and oxygen atoms in total. The number of carboxylic acid groups (broad SMARTS) is 1. The number of benzene rings is 1. The fourth-order valence-corrected chi connectivity index (χ4v) is 2.93. The standard InChI is InChI=1S/C11H14N2O6S/c1-2-8-3-4-9(13(16)17)7-10(8)20(18,19)12-6-5-11(14)15/h3-4,7,12H,2,5-6H2,1H3,(H,14,15). The Bertz CT molecular complexity index is 626. The minimum Gasteiger partial charge on any atom is -0.481 e. The largest absolute Gasteiger partial charge is 0.481 e. The molecule has 0 aliphatic rings. The molecule has 1 aromatic rings. The Hall–Kier alpha value is -2.00. The van der Waals surface area contributed by atoms with Gasteiger partial charge in [-0.15, -0.1) is 0 Å². The first-order chi connectivity index (χ1) is 9.27. The van der Waals surface area contributed by atoms with Gasteiger partial charge in [-0.25, -0.2) is 13.1 Å². The van der Waals surface area contributed by atoms with Gasteiger partial charge in [-0.2, -0.15) is 0 Å². The SMILES string of the molecule is CCc1ccc([N+](=O)[O-])cc1S(=O)(=O)NCCC(=O)O. The van der Waals surface area contributed by atoms with Crippen LogP contribution in [-0.4, -0.2) is 31.0 Å². The Morgan fingerprint density at radius 3 is 2.60 bits per heavy atom. The lowest BCUT2D eigenvalue weighted by Gasteiger charge is -2.09. The van der Waals surface area contributed by atoms with Gasteiger partial charge in [-0.1, -0.05) is 13.0 Å². The normalized spacial score (nSPS) is 11.2. The van der Waals surface area contributed by atoms with Gasteiger partial charge in [0.25, 0.3) is 5.69 Å². The number of aryl methyl sites for hydroxylation is 1. The molecule has 110 valence electrons. The average Bonchev–Trinajstić information content (AvgIpc) is 2.37. The molecule has 1 aromatic carbocycles. The summed E-state index contributed by atoms with van der Waals surface area (Å²) in [6, 6.07) is 3.58. The highest BCUT2D eigenvalue weighted by molar-refractivity contribution is 7.89. The third-order valence-corrected chi connectivity index (χ3v) is 4.11. The zero-order valence-corrected chi connectivity index (χ0v) is 11.5. The van der Waals surface area contributed by atoms with Gasteiger partial charge in [0.2, 0.25) is 10.0 Å². The van der Waals surface area contributed by atoms with Crippen molar-refractivity contribution in [3.8, 4) is 0 Å². The maximum Gasteiger partial charge on any atom is 0.304 e. The van der Waals surface area contributed by atoms with E-state index in [1.165, 1.54) is 12.1 Å². The number of carbonyl (C=O) groups is 1. The summed E-state index contributed by atoms with van der Waals surface area (Å²) in [5.41, 5.74) is 0.0965. The van der Waals surface area contributed by atoms with Gasteiger partial charge in [-0.3, -0.25) is 14.9 Å². The smallest absolute Gasteiger partial charge is 0.304 e. The average molecular weight is 302 g/mol. The zero-order chi connectivity index (χ0) is 15.3. The Morgan fingerprint density at radius 2 is 2.10 bits per heavy atom.